The van der Waals surface area contributed by atoms with Gasteiger partial charge in [0.2, 0.25) is 0 Å². The fourth-order valence-corrected chi connectivity index (χ4v) is 5.20. The maximum atomic E-state index is 13.0. The summed E-state index contributed by atoms with van der Waals surface area (Å²) in [5.74, 6) is -1.03. The monoisotopic (exact) mass is 576 g/mol. The van der Waals surface area contributed by atoms with Crippen LogP contribution in [0.2, 0.25) is 0 Å². The Bertz CT molecular complexity index is 1660. The van der Waals surface area contributed by atoms with Crippen molar-refractivity contribution < 1.29 is 22.8 Å². The normalized spacial score (nSPS) is 14.8. The van der Waals surface area contributed by atoms with Gasteiger partial charge in [-0.2, -0.15) is 18.3 Å². The summed E-state index contributed by atoms with van der Waals surface area (Å²) in [6.45, 7) is 4.27. The Kier molecular flexibility index (Phi) is 7.02. The van der Waals surface area contributed by atoms with Crippen molar-refractivity contribution in [3.05, 3.63) is 83.0 Å². The number of carbonyl (C=O) groups excluding carboxylic acids is 2. The number of alkyl halides is 3. The molecule has 4 heterocycles. The number of aromatic nitrogens is 3. The molecule has 0 aliphatic carbocycles. The second-order valence-corrected chi connectivity index (χ2v) is 10.1. The number of rotatable bonds is 5. The van der Waals surface area contributed by atoms with Crippen molar-refractivity contribution in [2.45, 2.75) is 19.1 Å². The summed E-state index contributed by atoms with van der Waals surface area (Å²) < 4.78 is 40.6. The highest BCUT2D eigenvalue weighted by molar-refractivity contribution is 6.06. The van der Waals surface area contributed by atoms with E-state index in [-0.39, 0.29) is 16.9 Å². The fourth-order valence-electron chi connectivity index (χ4n) is 5.20. The van der Waals surface area contributed by atoms with E-state index in [1.165, 1.54) is 24.3 Å². The van der Waals surface area contributed by atoms with Crippen LogP contribution in [0.4, 0.5) is 36.2 Å². The molecule has 0 spiro atoms. The molecule has 2 aromatic carbocycles. The fraction of sp³-hybridized carbons (Fsp3) is 0.241. The maximum Gasteiger partial charge on any atom is 0.433 e. The van der Waals surface area contributed by atoms with Gasteiger partial charge in [0.1, 0.15) is 28.6 Å². The predicted molar refractivity (Wildman–Crippen MR) is 152 cm³/mol. The number of fused-ring (bicyclic) bond motifs is 2. The molecule has 2 amide bonds. The van der Waals surface area contributed by atoms with Gasteiger partial charge in [0.05, 0.1) is 0 Å². The first kappa shape index (κ1) is 27.3. The Hall–Kier alpha value is -4.91. The Balaban J connectivity index is 1.24. The number of carbonyl (C=O) groups is 2. The number of piperazine rings is 1. The SMILES string of the molecule is NC(=O)c1c(-c2ccc(C(=O)Nc3cccc(C(F)(F)F)n3)cc2)nn2c1Nc1ccc(N3CCNCC3)cc1CC2. The number of anilines is 4. The van der Waals surface area contributed by atoms with E-state index in [0.29, 0.717) is 30.0 Å². The number of primary amides is 1. The van der Waals surface area contributed by atoms with Crippen LogP contribution in [0.1, 0.15) is 32.0 Å². The zero-order valence-corrected chi connectivity index (χ0v) is 22.3. The predicted octanol–water partition coefficient (Wildman–Crippen LogP) is 4.02. The van der Waals surface area contributed by atoms with Gasteiger partial charge in [0, 0.05) is 55.2 Å². The summed E-state index contributed by atoms with van der Waals surface area (Å²) >= 11 is 0. The Labute approximate surface area is 238 Å². The van der Waals surface area contributed by atoms with Crippen molar-refractivity contribution in [2.75, 3.05) is 41.7 Å². The summed E-state index contributed by atoms with van der Waals surface area (Å²) in [6, 6.07) is 15.7. The topological polar surface area (TPSA) is 130 Å². The van der Waals surface area contributed by atoms with Crippen molar-refractivity contribution in [3.8, 4) is 11.3 Å². The first-order valence-electron chi connectivity index (χ1n) is 13.4. The van der Waals surface area contributed by atoms with E-state index in [1.54, 1.807) is 16.8 Å². The average molecular weight is 577 g/mol. The number of nitrogens with zero attached hydrogens (tertiary/aromatic N) is 4. The van der Waals surface area contributed by atoms with Crippen molar-refractivity contribution >= 4 is 34.8 Å². The van der Waals surface area contributed by atoms with Crippen molar-refractivity contribution in [1.82, 2.24) is 20.1 Å². The molecule has 1 saturated heterocycles. The molecule has 216 valence electrons. The van der Waals surface area contributed by atoms with Crippen molar-refractivity contribution in [3.63, 3.8) is 0 Å². The van der Waals surface area contributed by atoms with Crippen LogP contribution in [0.3, 0.4) is 0 Å². The van der Waals surface area contributed by atoms with Crippen LogP contribution in [0.15, 0.2) is 60.7 Å². The minimum Gasteiger partial charge on any atom is -0.369 e. The first-order valence-corrected chi connectivity index (χ1v) is 13.4. The van der Waals surface area contributed by atoms with Gasteiger partial charge in [0.15, 0.2) is 0 Å². The number of aryl methyl sites for hydroxylation is 2. The molecule has 0 unspecified atom stereocenters. The molecule has 0 bridgehead atoms. The molecule has 5 N–H and O–H groups in total. The van der Waals surface area contributed by atoms with Gasteiger partial charge >= 0.3 is 6.18 Å². The summed E-state index contributed by atoms with van der Waals surface area (Å²) in [5.41, 5.74) is 9.17. The molecule has 10 nitrogen and oxygen atoms in total. The molecule has 0 radical (unpaired) electrons. The molecule has 4 aromatic rings. The molecular weight excluding hydrogens is 549 g/mol. The van der Waals surface area contributed by atoms with E-state index in [2.05, 4.69) is 38.0 Å². The first-order chi connectivity index (χ1) is 20.2. The van der Waals surface area contributed by atoms with Crippen LogP contribution in [0, 0.1) is 0 Å². The second-order valence-electron chi connectivity index (χ2n) is 10.1. The number of pyridine rings is 1. The van der Waals surface area contributed by atoms with Gasteiger partial charge < -0.3 is 26.6 Å². The van der Waals surface area contributed by atoms with Gasteiger partial charge in [-0.05, 0) is 54.4 Å². The molecule has 0 saturated carbocycles. The minimum absolute atomic E-state index is 0.187. The lowest BCUT2D eigenvalue weighted by Crippen LogP contribution is -2.43. The third-order valence-electron chi connectivity index (χ3n) is 7.32. The Morgan fingerprint density at radius 2 is 1.74 bits per heavy atom. The van der Waals surface area contributed by atoms with E-state index < -0.39 is 23.7 Å². The number of nitrogens with two attached hydrogens (primary N) is 1. The zero-order valence-electron chi connectivity index (χ0n) is 22.3. The molecule has 2 aliphatic rings. The number of benzene rings is 2. The average Bonchev–Trinajstić information content (AvgIpc) is 3.25. The molecule has 6 rings (SSSR count). The lowest BCUT2D eigenvalue weighted by Gasteiger charge is -2.30. The lowest BCUT2D eigenvalue weighted by atomic mass is 10.0. The number of hydrogen-bond donors (Lipinski definition) is 4. The van der Waals surface area contributed by atoms with E-state index in [4.69, 9.17) is 10.8 Å². The number of halogens is 3. The van der Waals surface area contributed by atoms with Crippen LogP contribution < -0.4 is 26.6 Å². The highest BCUT2D eigenvalue weighted by Crippen LogP contribution is 2.36. The molecule has 2 aliphatic heterocycles. The Morgan fingerprint density at radius 3 is 2.45 bits per heavy atom. The molecule has 42 heavy (non-hydrogen) atoms. The molecule has 13 heteroatoms. The molecular formula is C29H27F3N8O2. The minimum atomic E-state index is -4.63. The summed E-state index contributed by atoms with van der Waals surface area (Å²) in [6.07, 6.45) is -3.94. The zero-order chi connectivity index (χ0) is 29.4. The quantitative estimate of drug-likeness (QED) is 0.282. The number of nitrogens with one attached hydrogen (secondary N) is 3. The summed E-state index contributed by atoms with van der Waals surface area (Å²) in [7, 11) is 0. The summed E-state index contributed by atoms with van der Waals surface area (Å²) in [4.78, 5) is 31.2. The lowest BCUT2D eigenvalue weighted by molar-refractivity contribution is -0.141. The second kappa shape index (κ2) is 10.8. The van der Waals surface area contributed by atoms with Crippen LogP contribution >= 0.6 is 0 Å². The van der Waals surface area contributed by atoms with Crippen LogP contribution in [0.5, 0.6) is 0 Å². The third kappa shape index (κ3) is 5.38. The van der Waals surface area contributed by atoms with E-state index in [1.807, 2.05) is 6.07 Å². The molecule has 0 atom stereocenters. The van der Waals surface area contributed by atoms with E-state index in [0.717, 1.165) is 49.2 Å². The van der Waals surface area contributed by atoms with Crippen LogP contribution in [0.25, 0.3) is 11.3 Å². The van der Waals surface area contributed by atoms with Gasteiger partial charge in [0.25, 0.3) is 11.8 Å². The smallest absolute Gasteiger partial charge is 0.369 e. The largest absolute Gasteiger partial charge is 0.433 e. The van der Waals surface area contributed by atoms with Crippen LogP contribution in [-0.4, -0.2) is 52.8 Å². The third-order valence-corrected chi connectivity index (χ3v) is 7.32. The summed E-state index contributed by atoms with van der Waals surface area (Å²) in [5, 5.41) is 13.8. The Morgan fingerprint density at radius 1 is 0.976 bits per heavy atom. The van der Waals surface area contributed by atoms with Crippen LogP contribution in [-0.2, 0) is 19.1 Å². The maximum absolute atomic E-state index is 13.0. The number of hydrogen-bond acceptors (Lipinski definition) is 7. The molecule has 1 fully saturated rings. The number of amides is 2. The van der Waals surface area contributed by atoms with E-state index >= 15 is 0 Å². The van der Waals surface area contributed by atoms with Gasteiger partial charge in [-0.25, -0.2) is 9.67 Å². The highest BCUT2D eigenvalue weighted by atomic mass is 19.4. The highest BCUT2D eigenvalue weighted by Gasteiger charge is 2.32. The standard InChI is InChI=1S/C29H27F3N8O2/c30-29(31,32)22-2-1-3-23(36-22)37-28(42)18-6-4-17(5-7-18)25-24(26(33)41)27-35-21-9-8-20(39-14-11-34-12-15-39)16-19(21)10-13-40(27)38-25/h1-9,16,34-35H,10-15H2,(H2,33,41)(H,36,37,42). The van der Waals surface area contributed by atoms with Crippen molar-refractivity contribution in [1.29, 1.82) is 0 Å². The molecule has 2 aromatic heterocycles. The van der Waals surface area contributed by atoms with Crippen molar-refractivity contribution in [2.24, 2.45) is 5.73 Å². The van der Waals surface area contributed by atoms with E-state index in [9.17, 15) is 22.8 Å². The van der Waals surface area contributed by atoms with Gasteiger partial charge in [-0.15, -0.1) is 0 Å². The van der Waals surface area contributed by atoms with Gasteiger partial charge in [-0.3, -0.25) is 9.59 Å². The van der Waals surface area contributed by atoms with Gasteiger partial charge in [-0.1, -0.05) is 18.2 Å².